The van der Waals surface area contributed by atoms with Gasteiger partial charge in [0.25, 0.3) is 5.91 Å². The summed E-state index contributed by atoms with van der Waals surface area (Å²) in [6, 6.07) is 11.7. The van der Waals surface area contributed by atoms with Gasteiger partial charge in [-0.1, -0.05) is 38.0 Å². The molecule has 0 saturated heterocycles. The summed E-state index contributed by atoms with van der Waals surface area (Å²) in [6.45, 7) is 1.92. The van der Waals surface area contributed by atoms with Crippen molar-refractivity contribution in [3.8, 4) is 11.8 Å². The second-order valence-electron chi connectivity index (χ2n) is 6.55. The van der Waals surface area contributed by atoms with Crippen LogP contribution in [-0.4, -0.2) is 12.0 Å². The number of nitrogens with one attached hydrogen (secondary N) is 1. The molecule has 1 heterocycles. The van der Waals surface area contributed by atoms with Crippen LogP contribution in [0.2, 0.25) is 0 Å². The van der Waals surface area contributed by atoms with Crippen molar-refractivity contribution >= 4 is 22.2 Å². The first-order valence-corrected chi connectivity index (χ1v) is 10.1. The normalized spacial score (nSPS) is 15.1. The highest BCUT2D eigenvalue weighted by Crippen LogP contribution is 2.36. The Morgan fingerprint density at radius 3 is 2.65 bits per heavy atom. The third-order valence-electron chi connectivity index (χ3n) is 4.70. The van der Waals surface area contributed by atoms with E-state index in [-0.39, 0.29) is 5.91 Å². The number of carbonyl (C=O) groups excluding carboxylic acids is 1. The highest BCUT2D eigenvalue weighted by atomic mass is 32.1. The fourth-order valence-corrected chi connectivity index (χ4v) is 4.55. The molecule has 136 valence electrons. The summed E-state index contributed by atoms with van der Waals surface area (Å²) in [7, 11) is 0. The van der Waals surface area contributed by atoms with Crippen LogP contribution in [-0.2, 0) is 17.6 Å². The number of nitriles is 1. The number of hydrogen-bond acceptors (Lipinski definition) is 4. The smallest absolute Gasteiger partial charge is 0.266 e. The van der Waals surface area contributed by atoms with Gasteiger partial charge in [-0.25, -0.2) is 0 Å². The second-order valence-corrected chi connectivity index (χ2v) is 7.66. The lowest BCUT2D eigenvalue weighted by Crippen LogP contribution is -2.32. The molecule has 1 atom stereocenters. The van der Waals surface area contributed by atoms with Crippen LogP contribution in [0.1, 0.15) is 55.0 Å². The first-order chi connectivity index (χ1) is 12.7. The maximum atomic E-state index is 12.7. The van der Waals surface area contributed by atoms with Gasteiger partial charge in [0.15, 0.2) is 6.10 Å². The monoisotopic (exact) mass is 368 g/mol. The van der Waals surface area contributed by atoms with E-state index in [1.807, 2.05) is 37.3 Å². The van der Waals surface area contributed by atoms with Crippen molar-refractivity contribution in [1.29, 1.82) is 5.26 Å². The number of rotatable bonds is 5. The minimum absolute atomic E-state index is 0.193. The maximum absolute atomic E-state index is 12.7. The Kier molecular flexibility index (Phi) is 6.30. The molecule has 2 aromatic rings. The molecule has 5 heteroatoms. The van der Waals surface area contributed by atoms with E-state index in [0.717, 1.165) is 31.2 Å². The average Bonchev–Trinajstić information content (AvgIpc) is 2.95. The number of fused-ring (bicyclic) bond motifs is 1. The molecule has 0 aliphatic heterocycles. The number of nitrogens with zero attached hydrogens (tertiary/aromatic N) is 1. The molecule has 0 bridgehead atoms. The number of aryl methyl sites for hydroxylation is 1. The fourth-order valence-electron chi connectivity index (χ4n) is 3.30. The van der Waals surface area contributed by atoms with Gasteiger partial charge < -0.3 is 10.1 Å². The molecule has 0 radical (unpaired) electrons. The van der Waals surface area contributed by atoms with Gasteiger partial charge in [0.1, 0.15) is 16.8 Å². The molecule has 4 nitrogen and oxygen atoms in total. The zero-order valence-electron chi connectivity index (χ0n) is 15.1. The largest absolute Gasteiger partial charge is 0.481 e. The molecule has 1 aromatic heterocycles. The van der Waals surface area contributed by atoms with Gasteiger partial charge in [-0.2, -0.15) is 5.26 Å². The second kappa shape index (κ2) is 8.86. The average molecular weight is 369 g/mol. The SMILES string of the molecule is CC[C@H](Oc1ccccc1)C(=O)Nc1sc2c(c1C#N)CCCCCC2. The molecule has 3 rings (SSSR count). The Morgan fingerprint density at radius 1 is 1.23 bits per heavy atom. The van der Waals surface area contributed by atoms with Crippen LogP contribution < -0.4 is 10.1 Å². The predicted molar refractivity (Wildman–Crippen MR) is 105 cm³/mol. The van der Waals surface area contributed by atoms with Crippen molar-refractivity contribution in [2.45, 2.75) is 58.0 Å². The van der Waals surface area contributed by atoms with Gasteiger partial charge in [-0.15, -0.1) is 11.3 Å². The lowest BCUT2D eigenvalue weighted by atomic mass is 9.97. The molecule has 26 heavy (non-hydrogen) atoms. The first kappa shape index (κ1) is 18.5. The summed E-state index contributed by atoms with van der Waals surface area (Å²) >= 11 is 1.56. The maximum Gasteiger partial charge on any atom is 0.266 e. The molecule has 0 saturated carbocycles. The lowest BCUT2D eigenvalue weighted by Gasteiger charge is -2.16. The zero-order valence-corrected chi connectivity index (χ0v) is 15.9. The molecular formula is C21H24N2O2S. The fraction of sp³-hybridized carbons (Fsp3) is 0.429. The number of carbonyl (C=O) groups is 1. The summed E-state index contributed by atoms with van der Waals surface area (Å²) in [4.78, 5) is 14.0. The Hall–Kier alpha value is -2.32. The van der Waals surface area contributed by atoms with E-state index in [1.54, 1.807) is 11.3 Å². The van der Waals surface area contributed by atoms with Crippen molar-refractivity contribution < 1.29 is 9.53 Å². The Balaban J connectivity index is 1.77. The third kappa shape index (κ3) is 4.25. The first-order valence-electron chi connectivity index (χ1n) is 9.30. The summed E-state index contributed by atoms with van der Waals surface area (Å²) in [5.41, 5.74) is 1.79. The number of benzene rings is 1. The molecule has 1 aliphatic carbocycles. The Bertz CT molecular complexity index is 792. The van der Waals surface area contributed by atoms with Gasteiger partial charge in [-0.05, 0) is 49.8 Å². The number of para-hydroxylation sites is 1. The number of anilines is 1. The van der Waals surface area contributed by atoms with Gasteiger partial charge in [0.05, 0.1) is 5.56 Å². The number of amides is 1. The van der Waals surface area contributed by atoms with Crippen molar-refractivity contribution in [3.63, 3.8) is 0 Å². The van der Waals surface area contributed by atoms with Crippen LogP contribution >= 0.6 is 11.3 Å². The van der Waals surface area contributed by atoms with Crippen LogP contribution in [0.25, 0.3) is 0 Å². The van der Waals surface area contributed by atoms with Crippen molar-refractivity contribution in [1.82, 2.24) is 0 Å². The Labute approximate surface area is 158 Å². The van der Waals surface area contributed by atoms with Crippen LogP contribution in [0, 0.1) is 11.3 Å². The molecule has 1 aromatic carbocycles. The molecular weight excluding hydrogens is 344 g/mol. The van der Waals surface area contributed by atoms with E-state index in [0.29, 0.717) is 22.7 Å². The standard InChI is InChI=1S/C21H24N2O2S/c1-2-18(25-15-10-6-5-7-11-15)20(24)23-21-17(14-22)16-12-8-3-4-9-13-19(16)26-21/h5-7,10-11,18H,2-4,8-9,12-13H2,1H3,(H,23,24)/t18-/m0/s1. The van der Waals surface area contributed by atoms with Crippen LogP contribution in [0.5, 0.6) is 5.75 Å². The van der Waals surface area contributed by atoms with E-state index < -0.39 is 6.10 Å². The van der Waals surface area contributed by atoms with E-state index in [4.69, 9.17) is 4.74 Å². The lowest BCUT2D eigenvalue weighted by molar-refractivity contribution is -0.122. The molecule has 0 spiro atoms. The van der Waals surface area contributed by atoms with E-state index in [1.165, 1.54) is 17.7 Å². The number of thiophene rings is 1. The third-order valence-corrected chi connectivity index (χ3v) is 5.91. The zero-order chi connectivity index (χ0) is 18.4. The highest BCUT2D eigenvalue weighted by molar-refractivity contribution is 7.16. The van der Waals surface area contributed by atoms with Gasteiger partial charge in [0, 0.05) is 4.88 Å². The van der Waals surface area contributed by atoms with E-state index in [2.05, 4.69) is 11.4 Å². The topological polar surface area (TPSA) is 62.1 Å². The van der Waals surface area contributed by atoms with Crippen LogP contribution in [0.4, 0.5) is 5.00 Å². The van der Waals surface area contributed by atoms with Gasteiger partial charge in [-0.3, -0.25) is 4.79 Å². The minimum Gasteiger partial charge on any atom is -0.481 e. The summed E-state index contributed by atoms with van der Waals surface area (Å²) in [5.74, 6) is 0.482. The predicted octanol–water partition coefficient (Wildman–Crippen LogP) is 5.07. The Morgan fingerprint density at radius 2 is 1.96 bits per heavy atom. The van der Waals surface area contributed by atoms with Crippen LogP contribution in [0.15, 0.2) is 30.3 Å². The highest BCUT2D eigenvalue weighted by Gasteiger charge is 2.24. The molecule has 0 fully saturated rings. The van der Waals surface area contributed by atoms with Gasteiger partial charge >= 0.3 is 0 Å². The van der Waals surface area contributed by atoms with Crippen molar-refractivity contribution in [2.24, 2.45) is 0 Å². The molecule has 1 aliphatic rings. The molecule has 1 amide bonds. The van der Waals surface area contributed by atoms with E-state index in [9.17, 15) is 10.1 Å². The summed E-state index contributed by atoms with van der Waals surface area (Å²) in [6.07, 6.45) is 6.64. The minimum atomic E-state index is -0.575. The van der Waals surface area contributed by atoms with Gasteiger partial charge in [0.2, 0.25) is 0 Å². The number of hydrogen-bond donors (Lipinski definition) is 1. The van der Waals surface area contributed by atoms with Crippen molar-refractivity contribution in [3.05, 3.63) is 46.3 Å². The quantitative estimate of drug-likeness (QED) is 0.801. The number of ether oxygens (including phenoxy) is 1. The molecule has 1 N–H and O–H groups in total. The summed E-state index contributed by atoms with van der Waals surface area (Å²) < 4.78 is 5.82. The molecule has 0 unspecified atom stereocenters. The van der Waals surface area contributed by atoms with Crippen LogP contribution in [0.3, 0.4) is 0 Å². The van der Waals surface area contributed by atoms with E-state index >= 15 is 0 Å². The van der Waals surface area contributed by atoms with Crippen molar-refractivity contribution in [2.75, 3.05) is 5.32 Å². The summed E-state index contributed by atoms with van der Waals surface area (Å²) in [5, 5.41) is 13.3.